The van der Waals surface area contributed by atoms with Crippen molar-refractivity contribution in [2.75, 3.05) is 11.9 Å². The first-order chi connectivity index (χ1) is 12.0. The summed E-state index contributed by atoms with van der Waals surface area (Å²) in [4.78, 5) is 24.4. The first kappa shape index (κ1) is 18.5. The van der Waals surface area contributed by atoms with Crippen LogP contribution in [0.5, 0.6) is 5.75 Å². The lowest BCUT2D eigenvalue weighted by Gasteiger charge is -2.18. The molecule has 0 aliphatic carbocycles. The van der Waals surface area contributed by atoms with Crippen LogP contribution in [0.15, 0.2) is 48.5 Å². The Bertz CT molecular complexity index is 728. The molecule has 1 amide bonds. The zero-order chi connectivity index (χ0) is 18.2. The largest absolute Gasteiger partial charge is 0.481 e. The zero-order valence-corrected chi connectivity index (χ0v) is 14.7. The molecule has 0 heterocycles. The van der Waals surface area contributed by atoms with Gasteiger partial charge in [-0.05, 0) is 50.1 Å². The van der Waals surface area contributed by atoms with Gasteiger partial charge >= 0.3 is 5.97 Å². The average Bonchev–Trinajstić information content (AvgIpc) is 2.62. The van der Waals surface area contributed by atoms with E-state index in [2.05, 4.69) is 5.32 Å². The maximum Gasteiger partial charge on any atom is 0.338 e. The molecule has 0 aliphatic heterocycles. The molecule has 1 N–H and O–H groups in total. The lowest BCUT2D eigenvalue weighted by Crippen LogP contribution is -2.32. The first-order valence-electron chi connectivity index (χ1n) is 8.35. The van der Waals surface area contributed by atoms with E-state index in [9.17, 15) is 9.59 Å². The molecule has 2 aromatic rings. The van der Waals surface area contributed by atoms with Crippen LogP contribution in [-0.4, -0.2) is 24.6 Å². The summed E-state index contributed by atoms with van der Waals surface area (Å²) in [5.74, 6) is -0.0254. The van der Waals surface area contributed by atoms with Gasteiger partial charge in [0.1, 0.15) is 5.75 Å². The fourth-order valence-electron chi connectivity index (χ4n) is 2.30. The van der Waals surface area contributed by atoms with E-state index in [1.165, 1.54) is 0 Å². The second kappa shape index (κ2) is 8.87. The second-order valence-electron chi connectivity index (χ2n) is 5.57. The van der Waals surface area contributed by atoms with E-state index in [1.54, 1.807) is 25.1 Å². The highest BCUT2D eigenvalue weighted by Gasteiger charge is 2.20. The maximum atomic E-state index is 12.6. The van der Waals surface area contributed by atoms with E-state index in [4.69, 9.17) is 9.47 Å². The SMILES string of the molecule is CCOC(=O)c1ccc(C)c(NC(=O)[C@@H](CC)Oc2ccccc2)c1. The Kier molecular flexibility index (Phi) is 6.57. The molecule has 2 aromatic carbocycles. The van der Waals surface area contributed by atoms with Crippen LogP contribution in [0.3, 0.4) is 0 Å². The minimum atomic E-state index is -0.618. The fourth-order valence-corrected chi connectivity index (χ4v) is 2.30. The number of hydrogen-bond acceptors (Lipinski definition) is 4. The van der Waals surface area contributed by atoms with E-state index in [1.807, 2.05) is 44.2 Å². The van der Waals surface area contributed by atoms with Crippen molar-refractivity contribution in [1.82, 2.24) is 0 Å². The number of hydrogen-bond donors (Lipinski definition) is 1. The van der Waals surface area contributed by atoms with Crippen molar-refractivity contribution in [1.29, 1.82) is 0 Å². The number of benzene rings is 2. The van der Waals surface area contributed by atoms with Crippen LogP contribution in [0.4, 0.5) is 5.69 Å². The van der Waals surface area contributed by atoms with Crippen LogP contribution in [0.1, 0.15) is 36.2 Å². The number of ether oxygens (including phenoxy) is 2. The summed E-state index contributed by atoms with van der Waals surface area (Å²) in [7, 11) is 0. The number of esters is 1. The van der Waals surface area contributed by atoms with Gasteiger partial charge in [-0.1, -0.05) is 31.2 Å². The average molecular weight is 341 g/mol. The van der Waals surface area contributed by atoms with Crippen LogP contribution < -0.4 is 10.1 Å². The van der Waals surface area contributed by atoms with E-state index >= 15 is 0 Å². The van der Waals surface area contributed by atoms with Crippen molar-refractivity contribution in [3.05, 3.63) is 59.7 Å². The van der Waals surface area contributed by atoms with Gasteiger partial charge < -0.3 is 14.8 Å². The van der Waals surface area contributed by atoms with Gasteiger partial charge in [-0.15, -0.1) is 0 Å². The summed E-state index contributed by atoms with van der Waals surface area (Å²) in [5.41, 5.74) is 1.83. The molecule has 0 aliphatic rings. The maximum absolute atomic E-state index is 12.6. The highest BCUT2D eigenvalue weighted by Crippen LogP contribution is 2.19. The van der Waals surface area contributed by atoms with Gasteiger partial charge in [0.2, 0.25) is 0 Å². The third kappa shape index (κ3) is 5.08. The van der Waals surface area contributed by atoms with Crippen LogP contribution in [0, 0.1) is 6.92 Å². The highest BCUT2D eigenvalue weighted by molar-refractivity contribution is 5.97. The first-order valence-corrected chi connectivity index (χ1v) is 8.35. The number of rotatable bonds is 7. The number of aryl methyl sites for hydroxylation is 1. The lowest BCUT2D eigenvalue weighted by atomic mass is 10.1. The van der Waals surface area contributed by atoms with Gasteiger partial charge in [0.15, 0.2) is 6.10 Å². The van der Waals surface area contributed by atoms with Gasteiger partial charge in [0.25, 0.3) is 5.91 Å². The number of carbonyl (C=O) groups excluding carboxylic acids is 2. The number of anilines is 1. The van der Waals surface area contributed by atoms with Crippen molar-refractivity contribution < 1.29 is 19.1 Å². The zero-order valence-electron chi connectivity index (χ0n) is 14.7. The van der Waals surface area contributed by atoms with Gasteiger partial charge in [-0.2, -0.15) is 0 Å². The van der Waals surface area contributed by atoms with Crippen LogP contribution >= 0.6 is 0 Å². The molecule has 5 nitrogen and oxygen atoms in total. The third-order valence-corrected chi connectivity index (χ3v) is 3.69. The Hall–Kier alpha value is -2.82. The molecular weight excluding hydrogens is 318 g/mol. The molecule has 0 aromatic heterocycles. The molecular formula is C20H23NO4. The predicted octanol–water partition coefficient (Wildman–Crippen LogP) is 3.97. The minimum absolute atomic E-state index is 0.254. The van der Waals surface area contributed by atoms with E-state index in [0.29, 0.717) is 30.0 Å². The Labute approximate surface area is 148 Å². The Morgan fingerprint density at radius 2 is 1.80 bits per heavy atom. The Morgan fingerprint density at radius 1 is 1.08 bits per heavy atom. The van der Waals surface area contributed by atoms with Crippen LogP contribution in [0.25, 0.3) is 0 Å². The summed E-state index contributed by atoms with van der Waals surface area (Å²) in [6.07, 6.45) is -0.0924. The molecule has 0 radical (unpaired) electrons. The molecule has 5 heteroatoms. The fraction of sp³-hybridized carbons (Fsp3) is 0.300. The smallest absolute Gasteiger partial charge is 0.338 e. The Balaban J connectivity index is 2.12. The summed E-state index contributed by atoms with van der Waals surface area (Å²) in [6.45, 7) is 5.80. The van der Waals surface area contributed by atoms with Crippen LogP contribution in [0.2, 0.25) is 0 Å². The van der Waals surface area contributed by atoms with Gasteiger partial charge in [-0.25, -0.2) is 4.79 Å². The van der Waals surface area contributed by atoms with Crippen molar-refractivity contribution >= 4 is 17.6 Å². The minimum Gasteiger partial charge on any atom is -0.481 e. The molecule has 0 spiro atoms. The Morgan fingerprint density at radius 3 is 2.44 bits per heavy atom. The topological polar surface area (TPSA) is 64.6 Å². The van der Waals surface area contributed by atoms with Gasteiger partial charge in [0, 0.05) is 5.69 Å². The van der Waals surface area contributed by atoms with Crippen molar-refractivity contribution in [2.24, 2.45) is 0 Å². The van der Waals surface area contributed by atoms with Gasteiger partial charge in [0.05, 0.1) is 12.2 Å². The van der Waals surface area contributed by atoms with E-state index in [0.717, 1.165) is 5.56 Å². The molecule has 0 fully saturated rings. The summed E-state index contributed by atoms with van der Waals surface area (Å²) in [5, 5.41) is 2.85. The highest BCUT2D eigenvalue weighted by atomic mass is 16.5. The molecule has 0 unspecified atom stereocenters. The molecule has 132 valence electrons. The van der Waals surface area contributed by atoms with Crippen molar-refractivity contribution in [2.45, 2.75) is 33.3 Å². The number of amides is 1. The standard InChI is InChI=1S/C20H23NO4/c1-4-18(25-16-9-7-6-8-10-16)19(22)21-17-13-15(12-11-14(17)3)20(23)24-5-2/h6-13,18H,4-5H2,1-3H3,(H,21,22)/t18-/m1/s1. The molecule has 0 saturated heterocycles. The quantitative estimate of drug-likeness (QED) is 0.774. The summed E-state index contributed by atoms with van der Waals surface area (Å²) in [6, 6.07) is 14.3. The molecule has 1 atom stereocenters. The van der Waals surface area contributed by atoms with Gasteiger partial charge in [-0.3, -0.25) is 4.79 Å². The second-order valence-corrected chi connectivity index (χ2v) is 5.57. The number of para-hydroxylation sites is 1. The molecule has 0 bridgehead atoms. The van der Waals surface area contributed by atoms with Crippen LogP contribution in [-0.2, 0) is 9.53 Å². The monoisotopic (exact) mass is 341 g/mol. The summed E-state index contributed by atoms with van der Waals surface area (Å²) < 4.78 is 10.7. The lowest BCUT2D eigenvalue weighted by molar-refractivity contribution is -0.122. The molecule has 25 heavy (non-hydrogen) atoms. The number of carbonyl (C=O) groups is 2. The third-order valence-electron chi connectivity index (χ3n) is 3.69. The van der Waals surface area contributed by atoms with E-state index in [-0.39, 0.29) is 5.91 Å². The normalized spacial score (nSPS) is 11.5. The number of nitrogens with one attached hydrogen (secondary N) is 1. The van der Waals surface area contributed by atoms with E-state index < -0.39 is 12.1 Å². The predicted molar refractivity (Wildman–Crippen MR) is 96.9 cm³/mol. The molecule has 2 rings (SSSR count). The van der Waals surface area contributed by atoms with Crippen molar-refractivity contribution in [3.8, 4) is 5.75 Å². The molecule has 0 saturated carbocycles. The van der Waals surface area contributed by atoms with Crippen molar-refractivity contribution in [3.63, 3.8) is 0 Å². The summed E-state index contributed by atoms with van der Waals surface area (Å²) >= 11 is 0.